The van der Waals surface area contributed by atoms with Crippen LogP contribution in [-0.4, -0.2) is 42.8 Å². The van der Waals surface area contributed by atoms with E-state index in [1.54, 1.807) is 12.1 Å². The van der Waals surface area contributed by atoms with Crippen LogP contribution >= 0.6 is 11.6 Å². The number of fused-ring (bicyclic) bond motifs is 1. The van der Waals surface area contributed by atoms with Gasteiger partial charge in [0, 0.05) is 23.6 Å². The zero-order chi connectivity index (χ0) is 29.8. The van der Waals surface area contributed by atoms with Gasteiger partial charge in [-0.3, -0.25) is 0 Å². The van der Waals surface area contributed by atoms with Crippen molar-refractivity contribution in [3.63, 3.8) is 0 Å². The highest BCUT2D eigenvalue weighted by atomic mass is 35.5. The molecule has 5 rings (SSSR count). The first-order chi connectivity index (χ1) is 20.3. The fourth-order valence-corrected chi connectivity index (χ4v) is 5.09. The number of ether oxygens (including phenoxy) is 4. The molecule has 0 N–H and O–H groups in total. The lowest BCUT2D eigenvalue weighted by molar-refractivity contribution is 0.0589. The molecule has 3 aromatic carbocycles. The number of methoxy groups -OCH3 is 3. The average Bonchev–Trinajstić information content (AvgIpc) is 3.43. The van der Waals surface area contributed by atoms with E-state index in [0.717, 1.165) is 33.2 Å². The van der Waals surface area contributed by atoms with Gasteiger partial charge >= 0.3 is 11.9 Å². The summed E-state index contributed by atoms with van der Waals surface area (Å²) in [6.45, 7) is 2.75. The van der Waals surface area contributed by atoms with Crippen molar-refractivity contribution in [2.75, 3.05) is 21.3 Å². The van der Waals surface area contributed by atoms with Gasteiger partial charge in [-0.15, -0.1) is 0 Å². The molecule has 0 radical (unpaired) electrons. The molecule has 2 aromatic heterocycles. The highest BCUT2D eigenvalue weighted by Gasteiger charge is 2.19. The normalized spacial score (nSPS) is 10.9. The monoisotopic (exact) mass is 584 g/mol. The highest BCUT2D eigenvalue weighted by molar-refractivity contribution is 6.31. The standard InChI is InChI=1S/C33H29ClN2O6/c1-20-23(7-6-10-30(20)42-19-28-27(34)17-26(33(38)41-4)31(35-28)39-2)24-8-5-9-29-25(24)15-16-36(29)18-21-11-13-22(14-12-21)32(37)40-3/h5-17H,18-19H2,1-4H3. The number of aromatic nitrogens is 2. The van der Waals surface area contributed by atoms with Crippen LogP contribution < -0.4 is 9.47 Å². The van der Waals surface area contributed by atoms with Gasteiger partial charge in [-0.25, -0.2) is 14.6 Å². The SMILES string of the molecule is COC(=O)c1ccc(Cn2ccc3c(-c4cccc(OCc5nc(OC)c(C(=O)OC)cc5Cl)c4C)cccc32)cc1. The largest absolute Gasteiger partial charge is 0.487 e. The van der Waals surface area contributed by atoms with E-state index in [1.165, 1.54) is 27.4 Å². The minimum Gasteiger partial charge on any atom is -0.487 e. The van der Waals surface area contributed by atoms with E-state index in [0.29, 0.717) is 23.6 Å². The van der Waals surface area contributed by atoms with Crippen LogP contribution in [0.1, 0.15) is 37.5 Å². The van der Waals surface area contributed by atoms with Crippen molar-refractivity contribution >= 4 is 34.4 Å². The molecule has 9 heteroatoms. The van der Waals surface area contributed by atoms with Crippen molar-refractivity contribution in [1.82, 2.24) is 9.55 Å². The summed E-state index contributed by atoms with van der Waals surface area (Å²) in [5, 5.41) is 1.38. The van der Waals surface area contributed by atoms with Crippen LogP contribution in [0.5, 0.6) is 11.6 Å². The first-order valence-electron chi connectivity index (χ1n) is 13.1. The van der Waals surface area contributed by atoms with Gasteiger partial charge in [0.2, 0.25) is 5.88 Å². The van der Waals surface area contributed by atoms with Crippen LogP contribution in [0.15, 0.2) is 79.0 Å². The van der Waals surface area contributed by atoms with Crippen molar-refractivity contribution in [1.29, 1.82) is 0 Å². The topological polar surface area (TPSA) is 88.9 Å². The molecule has 2 heterocycles. The first kappa shape index (κ1) is 28.7. The van der Waals surface area contributed by atoms with Crippen LogP contribution in [0.2, 0.25) is 5.02 Å². The van der Waals surface area contributed by atoms with Crippen LogP contribution in [-0.2, 0) is 22.6 Å². The van der Waals surface area contributed by atoms with E-state index in [4.69, 9.17) is 30.5 Å². The molecule has 8 nitrogen and oxygen atoms in total. The Morgan fingerprint density at radius 1 is 0.881 bits per heavy atom. The zero-order valence-corrected chi connectivity index (χ0v) is 24.4. The van der Waals surface area contributed by atoms with Gasteiger partial charge in [-0.05, 0) is 65.6 Å². The van der Waals surface area contributed by atoms with E-state index in [1.807, 2.05) is 37.3 Å². The smallest absolute Gasteiger partial charge is 0.343 e. The maximum absolute atomic E-state index is 12.0. The number of rotatable bonds is 9. The quantitative estimate of drug-likeness (QED) is 0.175. The number of nitrogens with zero attached hydrogens (tertiary/aromatic N) is 2. The second-order valence-electron chi connectivity index (χ2n) is 9.55. The van der Waals surface area contributed by atoms with Gasteiger partial charge < -0.3 is 23.5 Å². The molecule has 214 valence electrons. The third-order valence-electron chi connectivity index (χ3n) is 7.09. The molecular formula is C33H29ClN2O6. The van der Waals surface area contributed by atoms with Crippen LogP contribution in [0.4, 0.5) is 0 Å². The lowest BCUT2D eigenvalue weighted by Crippen LogP contribution is -2.09. The molecule has 0 atom stereocenters. The summed E-state index contributed by atoms with van der Waals surface area (Å²) in [5.41, 5.74) is 6.34. The minimum absolute atomic E-state index is 0.0796. The van der Waals surface area contributed by atoms with Crippen molar-refractivity contribution in [2.45, 2.75) is 20.1 Å². The Labute approximate surface area is 248 Å². The summed E-state index contributed by atoms with van der Waals surface area (Å²) < 4.78 is 23.2. The Morgan fingerprint density at radius 2 is 1.60 bits per heavy atom. The number of halogens is 1. The van der Waals surface area contributed by atoms with Crippen LogP contribution in [0.25, 0.3) is 22.0 Å². The molecule has 0 unspecified atom stereocenters. The Bertz CT molecular complexity index is 1780. The minimum atomic E-state index is -0.586. The molecule has 0 aliphatic heterocycles. The van der Waals surface area contributed by atoms with Gasteiger partial charge in [0.15, 0.2) is 0 Å². The Balaban J connectivity index is 1.40. The predicted molar refractivity (Wildman–Crippen MR) is 160 cm³/mol. The summed E-state index contributed by atoms with van der Waals surface area (Å²) in [5.74, 6) is -0.138. The van der Waals surface area contributed by atoms with E-state index >= 15 is 0 Å². The number of carbonyl (C=O) groups excluding carboxylic acids is 2. The third kappa shape index (κ3) is 5.66. The fraction of sp³-hybridized carbons (Fsp3) is 0.182. The summed E-state index contributed by atoms with van der Waals surface area (Å²) in [4.78, 5) is 28.2. The molecule has 0 saturated carbocycles. The number of hydrogen-bond acceptors (Lipinski definition) is 7. The molecule has 0 aliphatic rings. The summed E-state index contributed by atoms with van der Waals surface area (Å²) in [7, 11) is 4.08. The molecule has 0 spiro atoms. The third-order valence-corrected chi connectivity index (χ3v) is 7.42. The van der Waals surface area contributed by atoms with Gasteiger partial charge in [0.25, 0.3) is 0 Å². The molecule has 5 aromatic rings. The molecule has 0 saturated heterocycles. The molecular weight excluding hydrogens is 556 g/mol. The molecule has 0 aliphatic carbocycles. The van der Waals surface area contributed by atoms with Crippen LogP contribution in [0, 0.1) is 6.92 Å². The van der Waals surface area contributed by atoms with Crippen molar-refractivity contribution in [2.24, 2.45) is 0 Å². The second-order valence-corrected chi connectivity index (χ2v) is 9.96. The number of benzene rings is 3. The maximum Gasteiger partial charge on any atom is 0.343 e. The van der Waals surface area contributed by atoms with Gasteiger partial charge in [0.1, 0.15) is 23.6 Å². The summed E-state index contributed by atoms with van der Waals surface area (Å²) in [6, 6.07) is 23.2. The summed E-state index contributed by atoms with van der Waals surface area (Å²) in [6.07, 6.45) is 2.07. The summed E-state index contributed by atoms with van der Waals surface area (Å²) >= 11 is 6.42. The average molecular weight is 585 g/mol. The van der Waals surface area contributed by atoms with Crippen LogP contribution in [0.3, 0.4) is 0 Å². The predicted octanol–water partition coefficient (Wildman–Crippen LogP) is 6.87. The van der Waals surface area contributed by atoms with Gasteiger partial charge in [-0.1, -0.05) is 48.0 Å². The number of hydrogen-bond donors (Lipinski definition) is 0. The number of pyridine rings is 1. The second kappa shape index (κ2) is 12.4. The Morgan fingerprint density at radius 3 is 2.31 bits per heavy atom. The Kier molecular flexibility index (Phi) is 8.45. The van der Waals surface area contributed by atoms with Gasteiger partial charge in [0.05, 0.1) is 31.9 Å². The van der Waals surface area contributed by atoms with E-state index in [-0.39, 0.29) is 29.0 Å². The first-order valence-corrected chi connectivity index (χ1v) is 13.5. The fourth-order valence-electron chi connectivity index (χ4n) is 4.89. The van der Waals surface area contributed by atoms with Gasteiger partial charge in [-0.2, -0.15) is 0 Å². The van der Waals surface area contributed by atoms with Crippen molar-refractivity contribution in [3.05, 3.63) is 112 Å². The molecule has 0 bridgehead atoms. The van der Waals surface area contributed by atoms with Crippen molar-refractivity contribution in [3.8, 4) is 22.8 Å². The number of carbonyl (C=O) groups is 2. The highest BCUT2D eigenvalue weighted by Crippen LogP contribution is 2.36. The molecule has 0 fully saturated rings. The molecule has 42 heavy (non-hydrogen) atoms. The van der Waals surface area contributed by atoms with Crippen molar-refractivity contribution < 1.29 is 28.5 Å². The number of esters is 2. The Hall–Kier alpha value is -4.82. The lowest BCUT2D eigenvalue weighted by atomic mass is 9.97. The van der Waals surface area contributed by atoms with E-state index in [9.17, 15) is 9.59 Å². The maximum atomic E-state index is 12.0. The lowest BCUT2D eigenvalue weighted by Gasteiger charge is -2.15. The van der Waals surface area contributed by atoms with E-state index in [2.05, 4.69) is 40.0 Å². The molecule has 0 amide bonds. The zero-order valence-electron chi connectivity index (χ0n) is 23.6. The van der Waals surface area contributed by atoms with E-state index < -0.39 is 5.97 Å².